The maximum Gasteiger partial charge on any atom is 0.246 e. The predicted octanol–water partition coefficient (Wildman–Crippen LogP) is 7.17. The Kier molecular flexibility index (Phi) is 10.9. The van der Waals surface area contributed by atoms with E-state index < -0.39 is 12.3 Å². The maximum atomic E-state index is 13.9. The van der Waals surface area contributed by atoms with Crippen LogP contribution < -0.4 is 0 Å². The van der Waals surface area contributed by atoms with E-state index in [1.165, 1.54) is 0 Å². The number of thioether (sulfide) groups is 1. The Bertz CT molecular complexity index is 2100. The molecule has 12 heteroatoms. The number of H-pyrrole nitrogens is 2. The second-order valence-electron chi connectivity index (χ2n) is 14.6. The highest BCUT2D eigenvalue weighted by Gasteiger charge is 2.39. The molecule has 0 bridgehead atoms. The normalized spacial score (nSPS) is 18.2. The van der Waals surface area contributed by atoms with Crippen molar-refractivity contribution in [2.45, 2.75) is 23.7 Å². The number of likely N-dealkylation sites (N-methyl/N-ethyl adjacent to an activating group) is 2. The van der Waals surface area contributed by atoms with E-state index in [0.29, 0.717) is 25.5 Å². The van der Waals surface area contributed by atoms with E-state index >= 15 is 0 Å². The molecule has 2 aliphatic heterocycles. The number of rotatable bonds is 11. The van der Waals surface area contributed by atoms with Gasteiger partial charge in [-0.05, 0) is 61.6 Å². The van der Waals surface area contributed by atoms with Gasteiger partial charge in [-0.2, -0.15) is 0 Å². The minimum absolute atomic E-state index is 0.0197. The molecule has 6 aromatic rings. The van der Waals surface area contributed by atoms with Crippen LogP contribution in [0.1, 0.15) is 46.5 Å². The van der Waals surface area contributed by atoms with Crippen molar-refractivity contribution in [1.82, 2.24) is 39.5 Å². The molecule has 2 aliphatic rings. The number of aromatic nitrogens is 4. The lowest BCUT2D eigenvalue weighted by molar-refractivity contribution is -0.142. The van der Waals surface area contributed by atoms with Gasteiger partial charge in [-0.1, -0.05) is 109 Å². The fraction of sp³-hybridized carbons (Fsp3) is 0.273. The Hall–Kier alpha value is -5.53. The molecule has 56 heavy (non-hydrogen) atoms. The lowest BCUT2D eigenvalue weighted by Gasteiger charge is -2.31. The van der Waals surface area contributed by atoms with E-state index in [0.717, 1.165) is 56.3 Å². The van der Waals surface area contributed by atoms with Crippen LogP contribution in [-0.4, -0.2) is 105 Å². The molecule has 0 saturated carbocycles. The number of benzene rings is 4. The predicted molar refractivity (Wildman–Crippen MR) is 220 cm³/mol. The quantitative estimate of drug-likeness (QED) is 0.143. The van der Waals surface area contributed by atoms with Crippen molar-refractivity contribution in [2.75, 3.05) is 53.6 Å². The number of nitrogens with one attached hydrogen (secondary N) is 2. The first kappa shape index (κ1) is 37.4. The Morgan fingerprint density at radius 1 is 0.643 bits per heavy atom. The van der Waals surface area contributed by atoms with Crippen LogP contribution in [0.5, 0.6) is 0 Å². The first-order valence-corrected chi connectivity index (χ1v) is 19.9. The molecule has 286 valence electrons. The molecule has 1 unspecified atom stereocenters. The summed E-state index contributed by atoms with van der Waals surface area (Å²) in [5.41, 5.74) is 7.87. The van der Waals surface area contributed by atoms with Crippen molar-refractivity contribution >= 4 is 23.6 Å². The second-order valence-corrected chi connectivity index (χ2v) is 15.8. The molecule has 4 heterocycles. The minimum atomic E-state index is -0.584. The molecule has 11 nitrogen and oxygen atoms in total. The lowest BCUT2D eigenvalue weighted by atomic mass is 10.0. The molecule has 2 fully saturated rings. The molecule has 0 spiro atoms. The molecule has 0 aliphatic carbocycles. The summed E-state index contributed by atoms with van der Waals surface area (Å²) in [6.07, 6.45) is 3.07. The molecule has 0 radical (unpaired) electrons. The maximum absolute atomic E-state index is 13.9. The number of amides is 2. The van der Waals surface area contributed by atoms with E-state index in [9.17, 15) is 9.59 Å². The highest BCUT2D eigenvalue weighted by atomic mass is 32.2. The van der Waals surface area contributed by atoms with Gasteiger partial charge in [0.05, 0.1) is 30.4 Å². The highest BCUT2D eigenvalue weighted by Crippen LogP contribution is 2.40. The number of hydrogen-bond acceptors (Lipinski definition) is 8. The third-order valence-electron chi connectivity index (χ3n) is 10.5. The fourth-order valence-electron chi connectivity index (χ4n) is 7.65. The molecule has 2 amide bonds. The van der Waals surface area contributed by atoms with Gasteiger partial charge in [0, 0.05) is 18.8 Å². The largest absolute Gasteiger partial charge is 0.349 e. The highest BCUT2D eigenvalue weighted by molar-refractivity contribution is 7.99. The van der Waals surface area contributed by atoms with Gasteiger partial charge in [-0.15, -0.1) is 11.8 Å². The van der Waals surface area contributed by atoms with Crippen LogP contribution in [0.2, 0.25) is 0 Å². The van der Waals surface area contributed by atoms with Crippen molar-refractivity contribution in [3.63, 3.8) is 0 Å². The number of carbonyl (C=O) groups excluding carboxylic acids is 2. The lowest BCUT2D eigenvalue weighted by Crippen LogP contribution is -2.40. The summed E-state index contributed by atoms with van der Waals surface area (Å²) in [6.45, 7) is 1.62. The number of imidazole rings is 2. The first-order valence-electron chi connectivity index (χ1n) is 18.8. The fourth-order valence-corrected chi connectivity index (χ4v) is 8.85. The zero-order valence-corrected chi connectivity index (χ0v) is 32.8. The monoisotopic (exact) mass is 766 g/mol. The SMILES string of the molecule is CN(C)C(C(=O)N1CCS[C@H]1c1ncc(-c2ccc(-c3ccc(-c4cnc([C@@H]5OCCN5C(=O)[C@@H](c5ccccc5)N(C)C)[nH]4)cc3)cc2)[nH]1)c1ccccc1. The molecule has 2 N–H and O–H groups in total. The number of ether oxygens (including phenoxy) is 1. The summed E-state index contributed by atoms with van der Waals surface area (Å²) < 4.78 is 6.05. The number of aromatic amines is 2. The molecular weight excluding hydrogens is 721 g/mol. The summed E-state index contributed by atoms with van der Waals surface area (Å²) in [7, 11) is 7.74. The number of hydrogen-bond donors (Lipinski definition) is 2. The first-order chi connectivity index (χ1) is 27.3. The van der Waals surface area contributed by atoms with Crippen molar-refractivity contribution in [3.8, 4) is 33.6 Å². The van der Waals surface area contributed by atoms with Gasteiger partial charge in [-0.25, -0.2) is 9.97 Å². The van der Waals surface area contributed by atoms with E-state index in [1.54, 1.807) is 22.9 Å². The van der Waals surface area contributed by atoms with Crippen LogP contribution in [0.15, 0.2) is 122 Å². The average Bonchev–Trinajstić information content (AvgIpc) is 4.06. The van der Waals surface area contributed by atoms with Gasteiger partial charge in [0.25, 0.3) is 0 Å². The Morgan fingerprint density at radius 3 is 1.62 bits per heavy atom. The van der Waals surface area contributed by atoms with Gasteiger partial charge in [0.2, 0.25) is 11.8 Å². The smallest absolute Gasteiger partial charge is 0.246 e. The molecule has 4 aromatic carbocycles. The summed E-state index contributed by atoms with van der Waals surface area (Å²) in [4.78, 5) is 51.7. The van der Waals surface area contributed by atoms with Crippen LogP contribution in [0, 0.1) is 0 Å². The third kappa shape index (κ3) is 7.53. The summed E-state index contributed by atoms with van der Waals surface area (Å²) in [6, 6.07) is 35.7. The van der Waals surface area contributed by atoms with Crippen molar-refractivity contribution in [2.24, 2.45) is 0 Å². The minimum Gasteiger partial charge on any atom is -0.349 e. The molecule has 2 aromatic heterocycles. The van der Waals surface area contributed by atoms with E-state index in [-0.39, 0.29) is 23.2 Å². The van der Waals surface area contributed by atoms with Gasteiger partial charge in [0.1, 0.15) is 23.3 Å². The second kappa shape index (κ2) is 16.3. The average molecular weight is 767 g/mol. The zero-order valence-electron chi connectivity index (χ0n) is 32.0. The van der Waals surface area contributed by atoms with Crippen molar-refractivity contribution in [3.05, 3.63) is 144 Å². The third-order valence-corrected chi connectivity index (χ3v) is 11.7. The Labute approximate surface area is 331 Å². The number of nitrogens with zero attached hydrogens (tertiary/aromatic N) is 6. The van der Waals surface area contributed by atoms with Crippen LogP contribution in [0.4, 0.5) is 0 Å². The van der Waals surface area contributed by atoms with Gasteiger partial charge in [0.15, 0.2) is 12.1 Å². The van der Waals surface area contributed by atoms with Crippen molar-refractivity contribution in [1.29, 1.82) is 0 Å². The Balaban J connectivity index is 0.930. The van der Waals surface area contributed by atoms with Crippen LogP contribution in [0.3, 0.4) is 0 Å². The standard InChI is InChI=1S/C44H46N8O3S/c1-49(2)37(33-11-7-5-8-12-33)41(53)51-23-25-55-43(51)39-45-27-35(47-39)31-19-15-29(16-20-31)30-17-21-32(22-18-30)36-28-46-40(48-36)44-52(24-26-56-44)42(54)38(50(3)4)34-13-9-6-10-14-34/h5-22,27-28,37-38,43-44H,23-26H2,1-4H3,(H,45,47)(H,46,48)/t37-,38?,43+,44+/m1/s1. The zero-order chi connectivity index (χ0) is 38.8. The number of carbonyl (C=O) groups is 2. The Morgan fingerprint density at radius 2 is 1.11 bits per heavy atom. The van der Waals surface area contributed by atoms with Gasteiger partial charge in [-0.3, -0.25) is 19.4 Å². The van der Waals surface area contributed by atoms with Crippen molar-refractivity contribution < 1.29 is 14.3 Å². The van der Waals surface area contributed by atoms with Gasteiger partial charge < -0.3 is 24.5 Å². The van der Waals surface area contributed by atoms with E-state index in [1.807, 2.05) is 110 Å². The summed E-state index contributed by atoms with van der Waals surface area (Å²) in [5, 5.41) is -0.173. The van der Waals surface area contributed by atoms with Crippen LogP contribution in [0.25, 0.3) is 33.6 Å². The molecule has 2 saturated heterocycles. The molecular formula is C44H46N8O3S. The summed E-state index contributed by atoms with van der Waals surface area (Å²) in [5.74, 6) is 2.31. The topological polar surface area (TPSA) is 114 Å². The molecule has 8 rings (SSSR count). The van der Waals surface area contributed by atoms with Crippen LogP contribution >= 0.6 is 11.8 Å². The van der Waals surface area contributed by atoms with Gasteiger partial charge >= 0.3 is 0 Å². The van der Waals surface area contributed by atoms with Crippen LogP contribution in [-0.2, 0) is 14.3 Å². The molecule has 4 atom stereocenters. The van der Waals surface area contributed by atoms with E-state index in [4.69, 9.17) is 9.72 Å². The van der Waals surface area contributed by atoms with E-state index in [2.05, 4.69) is 63.5 Å². The summed E-state index contributed by atoms with van der Waals surface area (Å²) >= 11 is 1.74.